The van der Waals surface area contributed by atoms with Crippen LogP contribution >= 0.6 is 11.6 Å². The molecule has 0 aromatic heterocycles. The lowest BCUT2D eigenvalue weighted by atomic mass is 10.1. The van der Waals surface area contributed by atoms with Gasteiger partial charge in [-0.2, -0.15) is 9.57 Å². The maximum absolute atomic E-state index is 12.7. The van der Waals surface area contributed by atoms with Gasteiger partial charge in [-0.3, -0.25) is 4.79 Å². The van der Waals surface area contributed by atoms with Gasteiger partial charge in [0.2, 0.25) is 15.9 Å². The standard InChI is InChI=1S/C20H18ClN3O3S/c21-18-3-1-2-4-19(18)28(26,27)24-13-11-23(12-14-24)20(25)10-9-16-5-7-17(15-22)8-6-16/h1-10H,11-14H2/b10-9+. The van der Waals surface area contributed by atoms with Crippen LogP contribution in [-0.2, 0) is 14.8 Å². The smallest absolute Gasteiger partial charge is 0.246 e. The third kappa shape index (κ3) is 4.42. The van der Waals surface area contributed by atoms with Gasteiger partial charge in [-0.1, -0.05) is 35.9 Å². The fourth-order valence-electron chi connectivity index (χ4n) is 2.88. The summed E-state index contributed by atoms with van der Waals surface area (Å²) in [6.07, 6.45) is 3.13. The molecule has 0 spiro atoms. The Kier molecular flexibility index (Phi) is 6.15. The van der Waals surface area contributed by atoms with E-state index in [1.165, 1.54) is 16.4 Å². The van der Waals surface area contributed by atoms with Crippen LogP contribution in [0.15, 0.2) is 59.5 Å². The summed E-state index contributed by atoms with van der Waals surface area (Å²) in [5.41, 5.74) is 1.37. The first-order valence-corrected chi connectivity index (χ1v) is 10.5. The molecule has 0 saturated carbocycles. The van der Waals surface area contributed by atoms with Crippen LogP contribution in [0.2, 0.25) is 5.02 Å². The van der Waals surface area contributed by atoms with Crippen molar-refractivity contribution in [1.82, 2.24) is 9.21 Å². The Bertz CT molecular complexity index is 1040. The molecular formula is C20H18ClN3O3S. The van der Waals surface area contributed by atoms with Gasteiger partial charge in [0, 0.05) is 32.3 Å². The largest absolute Gasteiger partial charge is 0.337 e. The number of nitriles is 1. The molecule has 2 aromatic rings. The number of carbonyl (C=O) groups is 1. The van der Waals surface area contributed by atoms with E-state index in [-0.39, 0.29) is 28.9 Å². The molecule has 1 amide bonds. The normalized spacial score (nSPS) is 15.5. The molecule has 0 unspecified atom stereocenters. The predicted molar refractivity (Wildman–Crippen MR) is 107 cm³/mol. The van der Waals surface area contributed by atoms with Gasteiger partial charge < -0.3 is 4.90 Å². The van der Waals surface area contributed by atoms with Crippen LogP contribution in [0.4, 0.5) is 0 Å². The SMILES string of the molecule is N#Cc1ccc(/C=C/C(=O)N2CCN(S(=O)(=O)c3ccccc3Cl)CC2)cc1. The number of nitrogens with zero attached hydrogens (tertiary/aromatic N) is 3. The highest BCUT2D eigenvalue weighted by atomic mass is 35.5. The minimum absolute atomic E-state index is 0.0807. The van der Waals surface area contributed by atoms with Crippen molar-refractivity contribution in [3.63, 3.8) is 0 Å². The zero-order valence-corrected chi connectivity index (χ0v) is 16.5. The lowest BCUT2D eigenvalue weighted by molar-refractivity contribution is -0.127. The molecule has 0 N–H and O–H groups in total. The topological polar surface area (TPSA) is 81.5 Å². The molecular weight excluding hydrogens is 398 g/mol. The molecule has 1 aliphatic rings. The zero-order chi connectivity index (χ0) is 20.1. The fraction of sp³-hybridized carbons (Fsp3) is 0.200. The molecule has 6 nitrogen and oxygen atoms in total. The Morgan fingerprint density at radius 1 is 1.04 bits per heavy atom. The number of carbonyl (C=O) groups excluding carboxylic acids is 1. The van der Waals surface area contributed by atoms with Crippen molar-refractivity contribution in [2.24, 2.45) is 0 Å². The van der Waals surface area contributed by atoms with E-state index >= 15 is 0 Å². The quantitative estimate of drug-likeness (QED) is 0.719. The van der Waals surface area contributed by atoms with Crippen molar-refractivity contribution >= 4 is 33.6 Å². The second-order valence-electron chi connectivity index (χ2n) is 6.23. The molecule has 28 heavy (non-hydrogen) atoms. The molecule has 0 bridgehead atoms. The average molecular weight is 416 g/mol. The average Bonchev–Trinajstić information content (AvgIpc) is 2.72. The van der Waals surface area contributed by atoms with Crippen LogP contribution in [0, 0.1) is 11.3 Å². The van der Waals surface area contributed by atoms with Crippen molar-refractivity contribution in [2.75, 3.05) is 26.2 Å². The highest BCUT2D eigenvalue weighted by molar-refractivity contribution is 7.89. The van der Waals surface area contributed by atoms with E-state index in [9.17, 15) is 13.2 Å². The Labute approximate surface area is 169 Å². The Hall–Kier alpha value is -2.66. The lowest BCUT2D eigenvalue weighted by Crippen LogP contribution is -2.50. The van der Waals surface area contributed by atoms with Crippen LogP contribution in [0.3, 0.4) is 0 Å². The van der Waals surface area contributed by atoms with E-state index in [1.54, 1.807) is 53.4 Å². The molecule has 3 rings (SSSR count). The van der Waals surface area contributed by atoms with Crippen LogP contribution in [-0.4, -0.2) is 49.7 Å². The van der Waals surface area contributed by atoms with Crippen molar-refractivity contribution in [3.8, 4) is 6.07 Å². The third-order valence-electron chi connectivity index (χ3n) is 4.46. The van der Waals surface area contributed by atoms with Gasteiger partial charge in [0.05, 0.1) is 16.7 Å². The molecule has 1 heterocycles. The molecule has 0 radical (unpaired) electrons. The van der Waals surface area contributed by atoms with E-state index in [1.807, 2.05) is 6.07 Å². The van der Waals surface area contributed by atoms with E-state index in [0.717, 1.165) is 5.56 Å². The van der Waals surface area contributed by atoms with Gasteiger partial charge in [-0.05, 0) is 35.9 Å². The first-order valence-electron chi connectivity index (χ1n) is 8.63. The molecule has 1 saturated heterocycles. The van der Waals surface area contributed by atoms with Crippen LogP contribution in [0.5, 0.6) is 0 Å². The first kappa shape index (κ1) is 20.1. The number of sulfonamides is 1. The van der Waals surface area contributed by atoms with E-state index in [2.05, 4.69) is 0 Å². The molecule has 1 aliphatic heterocycles. The summed E-state index contributed by atoms with van der Waals surface area (Å²) in [6, 6.07) is 15.3. The number of hydrogen-bond acceptors (Lipinski definition) is 4. The summed E-state index contributed by atoms with van der Waals surface area (Å²) < 4.78 is 26.8. The molecule has 2 aromatic carbocycles. The molecule has 0 aliphatic carbocycles. The van der Waals surface area contributed by atoms with Crippen molar-refractivity contribution in [2.45, 2.75) is 4.90 Å². The maximum atomic E-state index is 12.7. The first-order chi connectivity index (χ1) is 13.4. The number of rotatable bonds is 4. The number of piperazine rings is 1. The summed E-state index contributed by atoms with van der Waals surface area (Å²) in [6.45, 7) is 1.04. The summed E-state index contributed by atoms with van der Waals surface area (Å²) in [5.74, 6) is -0.181. The molecule has 0 atom stereocenters. The number of amides is 1. The van der Waals surface area contributed by atoms with Gasteiger partial charge in [0.25, 0.3) is 0 Å². The van der Waals surface area contributed by atoms with E-state index in [4.69, 9.17) is 16.9 Å². The second-order valence-corrected chi connectivity index (χ2v) is 8.54. The molecule has 8 heteroatoms. The summed E-state index contributed by atoms with van der Waals surface area (Å²) >= 11 is 6.03. The van der Waals surface area contributed by atoms with Crippen LogP contribution < -0.4 is 0 Å². The molecule has 144 valence electrons. The highest BCUT2D eigenvalue weighted by Gasteiger charge is 2.30. The van der Waals surface area contributed by atoms with Gasteiger partial charge in [0.15, 0.2) is 0 Å². The third-order valence-corrected chi connectivity index (χ3v) is 6.86. The summed E-state index contributed by atoms with van der Waals surface area (Å²) in [5, 5.41) is 8.99. The maximum Gasteiger partial charge on any atom is 0.246 e. The summed E-state index contributed by atoms with van der Waals surface area (Å²) in [7, 11) is -3.68. The van der Waals surface area contributed by atoms with Crippen LogP contribution in [0.25, 0.3) is 6.08 Å². The number of benzene rings is 2. The number of halogens is 1. The van der Waals surface area contributed by atoms with Gasteiger partial charge in [0.1, 0.15) is 4.90 Å². The minimum Gasteiger partial charge on any atom is -0.337 e. The van der Waals surface area contributed by atoms with Crippen LogP contribution in [0.1, 0.15) is 11.1 Å². The van der Waals surface area contributed by atoms with Crippen molar-refractivity contribution in [1.29, 1.82) is 5.26 Å². The van der Waals surface area contributed by atoms with Crippen molar-refractivity contribution < 1.29 is 13.2 Å². The number of hydrogen-bond donors (Lipinski definition) is 0. The zero-order valence-electron chi connectivity index (χ0n) is 15.0. The Morgan fingerprint density at radius 3 is 2.29 bits per heavy atom. The Balaban J connectivity index is 1.61. The second kappa shape index (κ2) is 8.57. The van der Waals surface area contributed by atoms with Gasteiger partial charge >= 0.3 is 0 Å². The summed E-state index contributed by atoms with van der Waals surface area (Å²) in [4.78, 5) is 14.1. The monoisotopic (exact) mass is 415 g/mol. The van der Waals surface area contributed by atoms with Crippen molar-refractivity contribution in [3.05, 3.63) is 70.8 Å². The Morgan fingerprint density at radius 2 is 1.68 bits per heavy atom. The minimum atomic E-state index is -3.68. The molecule has 1 fully saturated rings. The van der Waals surface area contributed by atoms with Gasteiger partial charge in [-0.25, -0.2) is 8.42 Å². The highest BCUT2D eigenvalue weighted by Crippen LogP contribution is 2.25. The van der Waals surface area contributed by atoms with Gasteiger partial charge in [-0.15, -0.1) is 0 Å². The predicted octanol–water partition coefficient (Wildman–Crippen LogP) is 2.76. The van der Waals surface area contributed by atoms with E-state index < -0.39 is 10.0 Å². The van der Waals surface area contributed by atoms with E-state index in [0.29, 0.717) is 18.7 Å². The fourth-order valence-corrected chi connectivity index (χ4v) is 4.80. The lowest BCUT2D eigenvalue weighted by Gasteiger charge is -2.33.